The third kappa shape index (κ3) is 7.73. The van der Waals surface area contributed by atoms with E-state index in [9.17, 15) is 18.8 Å². The highest BCUT2D eigenvalue weighted by atomic mass is 19.1. The van der Waals surface area contributed by atoms with Crippen LogP contribution in [0.25, 0.3) is 11.0 Å². The van der Waals surface area contributed by atoms with Gasteiger partial charge in [-0.2, -0.15) is 0 Å². The molecule has 3 atom stereocenters. The Bertz CT molecular complexity index is 1410. The summed E-state index contributed by atoms with van der Waals surface area (Å²) in [6, 6.07) is 6.20. The van der Waals surface area contributed by atoms with Gasteiger partial charge >= 0.3 is 5.97 Å². The van der Waals surface area contributed by atoms with Crippen LogP contribution in [0.2, 0.25) is 0 Å². The molecule has 2 heterocycles. The Kier molecular flexibility index (Phi) is 11.4. The SMILES string of the molecule is COC1CCC([C@@H]2CCN(C(=O)[C@H]3CC[C@H]([C@H](N)CCF)CC3)[C@@H]2C(=O)Nc2ccc3oc(C(=O)OCC4CC(OC)C4)cc3c2)CC1. The molecule has 3 saturated carbocycles. The van der Waals surface area contributed by atoms with E-state index < -0.39 is 18.7 Å². The lowest BCUT2D eigenvalue weighted by atomic mass is 9.75. The second kappa shape index (κ2) is 15.7. The third-order valence-corrected chi connectivity index (χ3v) is 11.8. The molecule has 11 heteroatoms. The van der Waals surface area contributed by atoms with Crippen LogP contribution in [0.5, 0.6) is 0 Å². The topological polar surface area (TPSA) is 133 Å². The van der Waals surface area contributed by atoms with Crippen LogP contribution in [0, 0.1) is 29.6 Å². The lowest BCUT2D eigenvalue weighted by Gasteiger charge is -2.37. The maximum atomic E-state index is 14.2. The molecule has 1 aromatic heterocycles. The number of halogens is 1. The van der Waals surface area contributed by atoms with Crippen molar-refractivity contribution < 1.29 is 37.4 Å². The fourth-order valence-corrected chi connectivity index (χ4v) is 8.74. The van der Waals surface area contributed by atoms with Crippen molar-refractivity contribution in [3.8, 4) is 0 Å². The summed E-state index contributed by atoms with van der Waals surface area (Å²) in [4.78, 5) is 42.8. The molecule has 0 radical (unpaired) electrons. The van der Waals surface area contributed by atoms with E-state index in [1.807, 2.05) is 4.90 Å². The van der Waals surface area contributed by atoms with Crippen molar-refractivity contribution in [2.75, 3.05) is 39.4 Å². The molecule has 4 aliphatic rings. The van der Waals surface area contributed by atoms with E-state index in [0.29, 0.717) is 60.9 Å². The number of esters is 1. The highest BCUT2D eigenvalue weighted by Crippen LogP contribution is 2.42. The minimum absolute atomic E-state index is 0.0498. The summed E-state index contributed by atoms with van der Waals surface area (Å²) in [6.45, 7) is 0.471. The zero-order valence-electron chi connectivity index (χ0n) is 28.4. The van der Waals surface area contributed by atoms with Crippen molar-refractivity contribution in [2.24, 2.45) is 35.3 Å². The predicted octanol–water partition coefficient (Wildman–Crippen LogP) is 5.87. The smallest absolute Gasteiger partial charge is 0.374 e. The summed E-state index contributed by atoms with van der Waals surface area (Å²) in [5, 5.41) is 3.79. The standard InChI is InChI=1S/C37H52FN3O7/c1-45-28-10-7-23(8-11-28)30-14-16-41(36(43)25-5-3-24(4-6-25)31(39)13-15-38)34(30)35(42)40-27-9-12-32-26(19-27)20-33(48-32)37(44)47-21-22-17-29(18-22)46-2/h9,12,19-20,22-25,28-31,34H,3-8,10-11,13-18,21,39H2,1-2H3,(H,40,42)/t22?,23?,24-,25-,28?,29?,30-,31+,34-/m0/s1. The molecule has 48 heavy (non-hydrogen) atoms. The number of carbonyl (C=O) groups excluding carboxylic acids is 3. The molecule has 2 amide bonds. The molecule has 10 nitrogen and oxygen atoms in total. The Hall–Kier alpha value is -3.02. The van der Waals surface area contributed by atoms with Gasteiger partial charge in [0, 0.05) is 43.8 Å². The van der Waals surface area contributed by atoms with Gasteiger partial charge in [-0.15, -0.1) is 0 Å². The Morgan fingerprint density at radius 2 is 1.71 bits per heavy atom. The van der Waals surface area contributed by atoms with Crippen molar-refractivity contribution in [3.63, 3.8) is 0 Å². The van der Waals surface area contributed by atoms with Gasteiger partial charge in [-0.05, 0) is 125 Å². The fraction of sp³-hybridized carbons (Fsp3) is 0.703. The number of benzene rings is 1. The van der Waals surface area contributed by atoms with Crippen LogP contribution in [-0.4, -0.2) is 81.0 Å². The second-order valence-corrected chi connectivity index (χ2v) is 14.6. The highest BCUT2D eigenvalue weighted by molar-refractivity contribution is 6.00. The van der Waals surface area contributed by atoms with Crippen LogP contribution in [0.3, 0.4) is 0 Å². The van der Waals surface area contributed by atoms with Crippen molar-refractivity contribution in [3.05, 3.63) is 30.0 Å². The van der Waals surface area contributed by atoms with Crippen LogP contribution < -0.4 is 11.1 Å². The molecule has 4 fully saturated rings. The molecular weight excluding hydrogens is 617 g/mol. The Balaban J connectivity index is 1.13. The number of nitrogens with one attached hydrogen (secondary N) is 1. The number of anilines is 1. The summed E-state index contributed by atoms with van der Waals surface area (Å²) in [6.07, 6.45) is 10.3. The van der Waals surface area contributed by atoms with E-state index in [4.69, 9.17) is 24.4 Å². The third-order valence-electron chi connectivity index (χ3n) is 11.8. The first-order chi connectivity index (χ1) is 23.3. The van der Waals surface area contributed by atoms with E-state index >= 15 is 0 Å². The van der Waals surface area contributed by atoms with Crippen LogP contribution in [0.15, 0.2) is 28.7 Å². The van der Waals surface area contributed by atoms with Gasteiger partial charge in [0.05, 0.1) is 25.5 Å². The number of nitrogens with zero attached hydrogens (tertiary/aromatic N) is 1. The average molecular weight is 670 g/mol. The largest absolute Gasteiger partial charge is 0.460 e. The van der Waals surface area contributed by atoms with Crippen molar-refractivity contribution >= 4 is 34.4 Å². The first-order valence-electron chi connectivity index (χ1n) is 18.0. The molecule has 1 saturated heterocycles. The van der Waals surface area contributed by atoms with Gasteiger partial charge in [-0.25, -0.2) is 4.79 Å². The number of hydrogen-bond acceptors (Lipinski definition) is 8. The number of rotatable bonds is 12. The second-order valence-electron chi connectivity index (χ2n) is 14.6. The molecule has 3 aliphatic carbocycles. The number of nitrogens with two attached hydrogens (primary N) is 1. The van der Waals surface area contributed by atoms with Gasteiger partial charge in [0.25, 0.3) is 0 Å². The zero-order valence-corrected chi connectivity index (χ0v) is 28.4. The lowest BCUT2D eigenvalue weighted by molar-refractivity contribution is -0.142. The number of ether oxygens (including phenoxy) is 3. The monoisotopic (exact) mass is 669 g/mol. The number of carbonyl (C=O) groups is 3. The van der Waals surface area contributed by atoms with Gasteiger partial charge in [-0.3, -0.25) is 14.0 Å². The van der Waals surface area contributed by atoms with E-state index in [0.717, 1.165) is 57.8 Å². The van der Waals surface area contributed by atoms with Crippen molar-refractivity contribution in [1.29, 1.82) is 0 Å². The van der Waals surface area contributed by atoms with Crippen LogP contribution >= 0.6 is 0 Å². The lowest BCUT2D eigenvalue weighted by Crippen LogP contribution is -2.50. The Morgan fingerprint density at radius 3 is 2.40 bits per heavy atom. The normalized spacial score (nSPS) is 31.3. The summed E-state index contributed by atoms with van der Waals surface area (Å²) in [5.41, 5.74) is 7.32. The van der Waals surface area contributed by atoms with Gasteiger partial charge in [0.2, 0.25) is 17.6 Å². The van der Waals surface area contributed by atoms with E-state index in [1.165, 1.54) is 0 Å². The molecule has 0 unspecified atom stereocenters. The fourth-order valence-electron chi connectivity index (χ4n) is 8.74. The number of furan rings is 1. The first-order valence-corrected chi connectivity index (χ1v) is 18.0. The quantitative estimate of drug-likeness (QED) is 0.268. The minimum Gasteiger partial charge on any atom is -0.460 e. The van der Waals surface area contributed by atoms with E-state index in [1.54, 1.807) is 38.5 Å². The molecule has 6 rings (SSSR count). The minimum atomic E-state index is -0.567. The average Bonchev–Trinajstić information content (AvgIpc) is 3.72. The van der Waals surface area contributed by atoms with Crippen LogP contribution in [0.4, 0.5) is 10.1 Å². The molecule has 2 aromatic rings. The molecule has 1 aliphatic heterocycles. The van der Waals surface area contributed by atoms with Gasteiger partial charge < -0.3 is 34.6 Å². The van der Waals surface area contributed by atoms with Crippen molar-refractivity contribution in [2.45, 2.75) is 101 Å². The van der Waals surface area contributed by atoms with Crippen LogP contribution in [-0.2, 0) is 23.8 Å². The van der Waals surface area contributed by atoms with E-state index in [-0.39, 0.29) is 53.6 Å². The number of amides is 2. The maximum absolute atomic E-state index is 14.2. The zero-order chi connectivity index (χ0) is 33.8. The molecule has 264 valence electrons. The Morgan fingerprint density at radius 1 is 0.979 bits per heavy atom. The van der Waals surface area contributed by atoms with Crippen molar-refractivity contribution in [1.82, 2.24) is 4.90 Å². The maximum Gasteiger partial charge on any atom is 0.374 e. The Labute approximate surface area is 282 Å². The molecule has 0 spiro atoms. The molecule has 3 N–H and O–H groups in total. The van der Waals surface area contributed by atoms with Gasteiger partial charge in [-0.1, -0.05) is 0 Å². The molecule has 0 bridgehead atoms. The highest BCUT2D eigenvalue weighted by Gasteiger charge is 2.47. The summed E-state index contributed by atoms with van der Waals surface area (Å²) >= 11 is 0. The summed E-state index contributed by atoms with van der Waals surface area (Å²) in [7, 11) is 3.45. The summed E-state index contributed by atoms with van der Waals surface area (Å²) in [5.74, 6) is 0.259. The van der Waals surface area contributed by atoms with Gasteiger partial charge in [0.15, 0.2) is 0 Å². The number of hydrogen-bond donors (Lipinski definition) is 2. The molecular formula is C37H52FN3O7. The number of alkyl halides is 1. The number of methoxy groups -OCH3 is 2. The molecule has 1 aromatic carbocycles. The van der Waals surface area contributed by atoms with Crippen LogP contribution in [0.1, 0.15) is 87.6 Å². The number of fused-ring (bicyclic) bond motifs is 1. The van der Waals surface area contributed by atoms with E-state index in [2.05, 4.69) is 5.32 Å². The predicted molar refractivity (Wildman–Crippen MR) is 179 cm³/mol. The first kappa shape index (κ1) is 34.8. The number of likely N-dealkylation sites (tertiary alicyclic amines) is 1. The van der Waals surface area contributed by atoms with Gasteiger partial charge in [0.1, 0.15) is 11.6 Å². The summed E-state index contributed by atoms with van der Waals surface area (Å²) < 4.78 is 35.1.